The zero-order chi connectivity index (χ0) is 26.6. The van der Waals surface area contributed by atoms with Gasteiger partial charge in [0.25, 0.3) is 11.8 Å². The van der Waals surface area contributed by atoms with Crippen LogP contribution >= 0.6 is 0 Å². The molecular weight excluding hydrogens is 488 g/mol. The average molecular weight is 521 g/mol. The number of nitrogens with one attached hydrogen (secondary N) is 2. The number of aromatic nitrogens is 4. The van der Waals surface area contributed by atoms with Crippen LogP contribution < -0.4 is 10.6 Å². The predicted molar refractivity (Wildman–Crippen MR) is 149 cm³/mol. The number of carbonyl (C=O) groups excluding carboxylic acids is 2. The normalized spacial score (nSPS) is 25.0. The van der Waals surface area contributed by atoms with E-state index in [0.717, 1.165) is 48.4 Å². The van der Waals surface area contributed by atoms with E-state index in [4.69, 9.17) is 5.10 Å². The summed E-state index contributed by atoms with van der Waals surface area (Å²) in [5, 5.41) is 15.2. The van der Waals surface area contributed by atoms with Crippen molar-refractivity contribution in [3.8, 4) is 5.69 Å². The molecule has 2 amide bonds. The number of benzene rings is 2. The lowest BCUT2D eigenvalue weighted by atomic mass is 9.48. The fourth-order valence-corrected chi connectivity index (χ4v) is 7.65. The predicted octanol–water partition coefficient (Wildman–Crippen LogP) is 5.58. The first-order valence-corrected chi connectivity index (χ1v) is 13.8. The standard InChI is InChI=1S/C31H32N6O2/c1-36-11-10-27(34-36)30(39)33-24-7-5-6-23(15-24)32-29(38)26-19-37(25-8-3-2-4-9-25)35-28(26)31-16-20-12-21(17-31)14-22(13-20)18-31/h2-11,15,19-22H,12-14,16-18H2,1H3,(H,32,38)(H,33,39). The second-order valence-electron chi connectivity index (χ2n) is 11.7. The number of anilines is 2. The largest absolute Gasteiger partial charge is 0.322 e. The van der Waals surface area contributed by atoms with Crippen molar-refractivity contribution >= 4 is 23.2 Å². The molecular formula is C31H32N6O2. The molecule has 0 spiro atoms. The number of para-hydroxylation sites is 1. The molecule has 4 aromatic rings. The van der Waals surface area contributed by atoms with E-state index in [9.17, 15) is 9.59 Å². The van der Waals surface area contributed by atoms with Crippen molar-refractivity contribution in [3.05, 3.63) is 90.0 Å². The number of carbonyl (C=O) groups is 2. The summed E-state index contributed by atoms with van der Waals surface area (Å²) in [4.78, 5) is 26.5. The first-order chi connectivity index (χ1) is 18.9. The van der Waals surface area contributed by atoms with Gasteiger partial charge in [-0.1, -0.05) is 24.3 Å². The topological polar surface area (TPSA) is 93.8 Å². The van der Waals surface area contributed by atoms with E-state index in [1.54, 1.807) is 36.1 Å². The Bertz CT molecular complexity index is 1520. The van der Waals surface area contributed by atoms with Gasteiger partial charge in [0.1, 0.15) is 0 Å². The minimum Gasteiger partial charge on any atom is -0.322 e. The molecule has 2 aromatic heterocycles. The molecule has 8 nitrogen and oxygen atoms in total. The van der Waals surface area contributed by atoms with Gasteiger partial charge in [0.05, 0.1) is 16.9 Å². The number of aryl methyl sites for hydroxylation is 1. The highest BCUT2D eigenvalue weighted by Crippen LogP contribution is 2.61. The lowest BCUT2D eigenvalue weighted by Gasteiger charge is -2.56. The molecule has 4 aliphatic rings. The average Bonchev–Trinajstić information content (AvgIpc) is 3.56. The number of nitrogens with zero attached hydrogens (tertiary/aromatic N) is 4. The van der Waals surface area contributed by atoms with Crippen molar-refractivity contribution < 1.29 is 9.59 Å². The number of amides is 2. The van der Waals surface area contributed by atoms with Crippen LogP contribution in [0, 0.1) is 17.8 Å². The monoisotopic (exact) mass is 520 g/mol. The Morgan fingerprint density at radius 3 is 2.08 bits per heavy atom. The zero-order valence-corrected chi connectivity index (χ0v) is 22.0. The molecule has 4 bridgehead atoms. The molecule has 0 atom stereocenters. The maximum absolute atomic E-state index is 13.9. The van der Waals surface area contributed by atoms with Crippen LogP contribution in [0.5, 0.6) is 0 Å². The van der Waals surface area contributed by atoms with Crippen LogP contribution in [0.25, 0.3) is 5.69 Å². The Hall–Kier alpha value is -4.20. The molecule has 0 unspecified atom stereocenters. The fraction of sp³-hybridized carbons (Fsp3) is 0.355. The number of hydrogen-bond acceptors (Lipinski definition) is 4. The van der Waals surface area contributed by atoms with Gasteiger partial charge in [-0.15, -0.1) is 0 Å². The van der Waals surface area contributed by atoms with Gasteiger partial charge in [-0.05, 0) is 92.7 Å². The SMILES string of the molecule is Cn1ccc(C(=O)Nc2cccc(NC(=O)c3cn(-c4ccccc4)nc3C34CC5CC(CC(C5)C3)C4)c2)n1. The summed E-state index contributed by atoms with van der Waals surface area (Å²) in [6.07, 6.45) is 11.0. The summed E-state index contributed by atoms with van der Waals surface area (Å²) in [5.41, 5.74) is 4.04. The lowest BCUT2D eigenvalue weighted by Crippen LogP contribution is -2.49. The van der Waals surface area contributed by atoms with Gasteiger partial charge in [-0.25, -0.2) is 4.68 Å². The summed E-state index contributed by atoms with van der Waals surface area (Å²) >= 11 is 0. The van der Waals surface area contributed by atoms with Crippen molar-refractivity contribution in [2.24, 2.45) is 24.8 Å². The van der Waals surface area contributed by atoms with E-state index in [1.807, 2.05) is 53.3 Å². The third kappa shape index (κ3) is 4.43. The summed E-state index contributed by atoms with van der Waals surface area (Å²) in [5.74, 6) is 1.76. The van der Waals surface area contributed by atoms with Crippen molar-refractivity contribution in [1.82, 2.24) is 19.6 Å². The van der Waals surface area contributed by atoms with Crippen LogP contribution in [0.2, 0.25) is 0 Å². The smallest absolute Gasteiger partial charge is 0.276 e. The van der Waals surface area contributed by atoms with Crippen LogP contribution in [0.3, 0.4) is 0 Å². The van der Waals surface area contributed by atoms with Gasteiger partial charge < -0.3 is 10.6 Å². The van der Waals surface area contributed by atoms with Crippen LogP contribution in [-0.2, 0) is 12.5 Å². The third-order valence-electron chi connectivity index (χ3n) is 8.84. The second-order valence-corrected chi connectivity index (χ2v) is 11.7. The molecule has 0 aliphatic heterocycles. The van der Waals surface area contributed by atoms with Gasteiger partial charge >= 0.3 is 0 Å². The minimum atomic E-state index is -0.299. The van der Waals surface area contributed by atoms with Crippen LogP contribution in [0.15, 0.2) is 73.1 Å². The van der Waals surface area contributed by atoms with Gasteiger partial charge in [-0.3, -0.25) is 14.3 Å². The quantitative estimate of drug-likeness (QED) is 0.347. The van der Waals surface area contributed by atoms with Gasteiger partial charge in [0, 0.05) is 36.2 Å². The molecule has 2 aromatic carbocycles. The molecule has 39 heavy (non-hydrogen) atoms. The third-order valence-corrected chi connectivity index (χ3v) is 8.84. The second kappa shape index (κ2) is 9.22. The molecule has 2 heterocycles. The van der Waals surface area contributed by atoms with Crippen LogP contribution in [-0.4, -0.2) is 31.4 Å². The van der Waals surface area contributed by atoms with Gasteiger partial charge in [-0.2, -0.15) is 10.2 Å². The highest BCUT2D eigenvalue weighted by molar-refractivity contribution is 6.06. The summed E-state index contributed by atoms with van der Waals surface area (Å²) in [7, 11) is 1.77. The van der Waals surface area contributed by atoms with Crippen molar-refractivity contribution in [2.45, 2.75) is 43.9 Å². The van der Waals surface area contributed by atoms with Crippen LogP contribution in [0.4, 0.5) is 11.4 Å². The Morgan fingerprint density at radius 2 is 1.46 bits per heavy atom. The van der Waals surface area contributed by atoms with E-state index in [-0.39, 0.29) is 17.2 Å². The van der Waals surface area contributed by atoms with Crippen LogP contribution in [0.1, 0.15) is 65.1 Å². The molecule has 4 saturated carbocycles. The molecule has 4 fully saturated rings. The maximum Gasteiger partial charge on any atom is 0.276 e. The number of rotatable bonds is 6. The van der Waals surface area contributed by atoms with E-state index >= 15 is 0 Å². The Morgan fingerprint density at radius 1 is 0.821 bits per heavy atom. The maximum atomic E-state index is 13.9. The Kier molecular flexibility index (Phi) is 5.65. The Balaban J connectivity index is 1.19. The van der Waals surface area contributed by atoms with E-state index in [1.165, 1.54) is 19.3 Å². The highest BCUT2D eigenvalue weighted by Gasteiger charge is 2.53. The first-order valence-electron chi connectivity index (χ1n) is 13.8. The molecule has 8 heteroatoms. The van der Waals surface area contributed by atoms with Gasteiger partial charge in [0.2, 0.25) is 0 Å². The van der Waals surface area contributed by atoms with Crippen molar-refractivity contribution in [3.63, 3.8) is 0 Å². The van der Waals surface area contributed by atoms with Gasteiger partial charge in [0.15, 0.2) is 5.69 Å². The van der Waals surface area contributed by atoms with E-state index in [2.05, 4.69) is 15.7 Å². The van der Waals surface area contributed by atoms with E-state index in [0.29, 0.717) is 22.6 Å². The van der Waals surface area contributed by atoms with E-state index < -0.39 is 0 Å². The summed E-state index contributed by atoms with van der Waals surface area (Å²) < 4.78 is 3.45. The summed E-state index contributed by atoms with van der Waals surface area (Å²) in [6, 6.07) is 18.9. The fourth-order valence-electron chi connectivity index (χ4n) is 7.65. The summed E-state index contributed by atoms with van der Waals surface area (Å²) in [6.45, 7) is 0. The molecule has 4 aliphatic carbocycles. The molecule has 0 saturated heterocycles. The lowest BCUT2D eigenvalue weighted by molar-refractivity contribution is -0.00765. The number of hydrogen-bond donors (Lipinski definition) is 2. The molecule has 0 radical (unpaired) electrons. The molecule has 2 N–H and O–H groups in total. The van der Waals surface area contributed by atoms with Crippen molar-refractivity contribution in [2.75, 3.05) is 10.6 Å². The minimum absolute atomic E-state index is 0.0278. The molecule has 198 valence electrons. The Labute approximate surface area is 227 Å². The zero-order valence-electron chi connectivity index (χ0n) is 22.0. The molecule has 8 rings (SSSR count). The first kappa shape index (κ1) is 23.9. The highest BCUT2D eigenvalue weighted by atomic mass is 16.2. The van der Waals surface area contributed by atoms with Crippen molar-refractivity contribution in [1.29, 1.82) is 0 Å².